The molecule has 120 valence electrons. The van der Waals surface area contributed by atoms with Crippen molar-refractivity contribution in [3.05, 3.63) is 57.2 Å². The summed E-state index contributed by atoms with van der Waals surface area (Å²) in [6.45, 7) is 6.64. The van der Waals surface area contributed by atoms with Gasteiger partial charge in [0.25, 0.3) is 5.56 Å². The van der Waals surface area contributed by atoms with Crippen molar-refractivity contribution in [2.75, 3.05) is 0 Å². The molecule has 0 spiro atoms. The number of thiophene rings is 1. The zero-order chi connectivity index (χ0) is 16.6. The molecule has 0 aliphatic rings. The third kappa shape index (κ3) is 3.35. The molecule has 0 aliphatic carbocycles. The van der Waals surface area contributed by atoms with Gasteiger partial charge in [0, 0.05) is 12.8 Å². The van der Waals surface area contributed by atoms with Gasteiger partial charge in [0.05, 0.1) is 5.52 Å². The summed E-state index contributed by atoms with van der Waals surface area (Å²) in [6, 6.07) is 10.6. The number of nitrogens with zero attached hydrogens (tertiary/aromatic N) is 2. The van der Waals surface area contributed by atoms with E-state index in [-0.39, 0.29) is 11.0 Å². The van der Waals surface area contributed by atoms with Crippen molar-refractivity contribution < 1.29 is 0 Å². The van der Waals surface area contributed by atoms with Crippen LogP contribution in [-0.4, -0.2) is 9.55 Å². The lowest BCUT2D eigenvalue weighted by Gasteiger charge is -2.19. The van der Waals surface area contributed by atoms with Crippen LogP contribution in [-0.2, 0) is 18.2 Å². The van der Waals surface area contributed by atoms with Gasteiger partial charge in [-0.1, -0.05) is 56.8 Å². The molecule has 2 heterocycles. The highest BCUT2D eigenvalue weighted by atomic mass is 32.2. The Hall–Kier alpha value is -1.59. The lowest BCUT2D eigenvalue weighted by molar-refractivity contribution is 0.590. The van der Waals surface area contributed by atoms with E-state index < -0.39 is 0 Å². The molecule has 0 bridgehead atoms. The minimum atomic E-state index is 0.0376. The average molecular weight is 345 g/mol. The van der Waals surface area contributed by atoms with Crippen LogP contribution in [0.2, 0.25) is 0 Å². The van der Waals surface area contributed by atoms with E-state index >= 15 is 0 Å². The van der Waals surface area contributed by atoms with Gasteiger partial charge >= 0.3 is 0 Å². The second-order valence-electron chi connectivity index (χ2n) is 6.63. The molecule has 0 N–H and O–H groups in total. The molecule has 1 aromatic carbocycles. The molecule has 0 amide bonds. The lowest BCUT2D eigenvalue weighted by atomic mass is 9.87. The van der Waals surface area contributed by atoms with Gasteiger partial charge in [0.15, 0.2) is 5.16 Å². The highest BCUT2D eigenvalue weighted by Gasteiger charge is 2.13. The van der Waals surface area contributed by atoms with Gasteiger partial charge in [0.2, 0.25) is 0 Å². The van der Waals surface area contributed by atoms with E-state index in [1.165, 1.54) is 22.5 Å². The van der Waals surface area contributed by atoms with Gasteiger partial charge < -0.3 is 0 Å². The van der Waals surface area contributed by atoms with Gasteiger partial charge in [-0.15, -0.1) is 11.3 Å². The minimum absolute atomic E-state index is 0.0376. The summed E-state index contributed by atoms with van der Waals surface area (Å²) in [5.74, 6) is 0.806. The summed E-state index contributed by atoms with van der Waals surface area (Å²) >= 11 is 3.05. The standard InChI is InChI=1S/C18H20N2OS2/c1-18(2,3)13-7-5-12(6-8-13)11-23-17-19-14-9-10-22-15(14)16(21)20(17)4/h5-10H,11H2,1-4H3. The normalized spacial score (nSPS) is 12.0. The summed E-state index contributed by atoms with van der Waals surface area (Å²) in [5.41, 5.74) is 3.57. The van der Waals surface area contributed by atoms with Crippen LogP contribution in [0.15, 0.2) is 45.7 Å². The molecular weight excluding hydrogens is 324 g/mol. The van der Waals surface area contributed by atoms with Gasteiger partial charge in [-0.25, -0.2) is 4.98 Å². The first-order valence-corrected chi connectivity index (χ1v) is 9.39. The molecular formula is C18H20N2OS2. The van der Waals surface area contributed by atoms with E-state index in [1.54, 1.807) is 23.4 Å². The van der Waals surface area contributed by atoms with E-state index in [9.17, 15) is 4.79 Å². The van der Waals surface area contributed by atoms with Crippen LogP contribution in [0.1, 0.15) is 31.9 Å². The largest absolute Gasteiger partial charge is 0.290 e. The van der Waals surface area contributed by atoms with Gasteiger partial charge in [0.1, 0.15) is 4.70 Å². The third-order valence-electron chi connectivity index (χ3n) is 3.83. The molecule has 2 aromatic heterocycles. The zero-order valence-corrected chi connectivity index (χ0v) is 15.4. The van der Waals surface area contributed by atoms with Crippen molar-refractivity contribution in [2.24, 2.45) is 7.05 Å². The Morgan fingerprint density at radius 2 is 1.87 bits per heavy atom. The molecule has 0 fully saturated rings. The van der Waals surface area contributed by atoms with Gasteiger partial charge in [-0.3, -0.25) is 9.36 Å². The molecule has 3 rings (SSSR count). The molecule has 0 atom stereocenters. The Morgan fingerprint density at radius 1 is 1.17 bits per heavy atom. The van der Waals surface area contributed by atoms with Crippen LogP contribution in [0.4, 0.5) is 0 Å². The maximum Gasteiger partial charge on any atom is 0.271 e. The Labute approximate surface area is 144 Å². The number of hydrogen-bond acceptors (Lipinski definition) is 4. The van der Waals surface area contributed by atoms with Crippen molar-refractivity contribution in [1.82, 2.24) is 9.55 Å². The first-order chi connectivity index (χ1) is 10.9. The fourth-order valence-electron chi connectivity index (χ4n) is 2.35. The Balaban J connectivity index is 1.81. The summed E-state index contributed by atoms with van der Waals surface area (Å²) in [4.78, 5) is 16.9. The van der Waals surface area contributed by atoms with Crippen molar-refractivity contribution >= 4 is 33.3 Å². The minimum Gasteiger partial charge on any atom is -0.290 e. The lowest BCUT2D eigenvalue weighted by Crippen LogP contribution is -2.18. The molecule has 3 nitrogen and oxygen atoms in total. The number of rotatable bonds is 3. The number of benzene rings is 1. The number of fused-ring (bicyclic) bond motifs is 1. The van der Waals surface area contributed by atoms with Crippen molar-refractivity contribution in [1.29, 1.82) is 0 Å². The molecule has 0 unspecified atom stereocenters. The van der Waals surface area contributed by atoms with Gasteiger partial charge in [-0.2, -0.15) is 0 Å². The van der Waals surface area contributed by atoms with Crippen LogP contribution < -0.4 is 5.56 Å². The smallest absolute Gasteiger partial charge is 0.271 e. The second kappa shape index (κ2) is 6.13. The fourth-order valence-corrected chi connectivity index (χ4v) is 4.08. The first-order valence-electron chi connectivity index (χ1n) is 7.53. The SMILES string of the molecule is Cn1c(SCc2ccc(C(C)(C)C)cc2)nc2ccsc2c1=O. The van der Waals surface area contributed by atoms with Crippen molar-refractivity contribution in [3.63, 3.8) is 0 Å². The van der Waals surface area contributed by atoms with Crippen LogP contribution >= 0.6 is 23.1 Å². The van der Waals surface area contributed by atoms with Crippen molar-refractivity contribution in [2.45, 2.75) is 37.1 Å². The monoisotopic (exact) mass is 344 g/mol. The molecule has 3 aromatic rings. The molecule has 0 saturated heterocycles. The summed E-state index contributed by atoms with van der Waals surface area (Å²) in [6.07, 6.45) is 0. The van der Waals surface area contributed by atoms with E-state index in [1.807, 2.05) is 11.4 Å². The maximum atomic E-state index is 12.3. The fraction of sp³-hybridized carbons (Fsp3) is 0.333. The Morgan fingerprint density at radius 3 is 2.52 bits per heavy atom. The average Bonchev–Trinajstić information content (AvgIpc) is 2.97. The molecule has 23 heavy (non-hydrogen) atoms. The zero-order valence-electron chi connectivity index (χ0n) is 13.8. The highest BCUT2D eigenvalue weighted by molar-refractivity contribution is 7.98. The van der Waals surface area contributed by atoms with E-state index in [0.29, 0.717) is 0 Å². The number of thioether (sulfide) groups is 1. The predicted octanol–water partition coefficient (Wildman–Crippen LogP) is 4.58. The van der Waals surface area contributed by atoms with Crippen LogP contribution in [0.3, 0.4) is 0 Å². The molecule has 5 heteroatoms. The van der Waals surface area contributed by atoms with E-state index in [2.05, 4.69) is 50.0 Å². The molecule has 0 radical (unpaired) electrons. The Kier molecular flexibility index (Phi) is 4.34. The summed E-state index contributed by atoms with van der Waals surface area (Å²) in [5, 5.41) is 2.68. The van der Waals surface area contributed by atoms with Gasteiger partial charge in [-0.05, 0) is 28.0 Å². The van der Waals surface area contributed by atoms with Crippen LogP contribution in [0.5, 0.6) is 0 Å². The quantitative estimate of drug-likeness (QED) is 0.515. The number of aromatic nitrogens is 2. The van der Waals surface area contributed by atoms with Crippen LogP contribution in [0, 0.1) is 0 Å². The first kappa shape index (κ1) is 16.3. The summed E-state index contributed by atoms with van der Waals surface area (Å²) in [7, 11) is 1.79. The maximum absolute atomic E-state index is 12.3. The predicted molar refractivity (Wildman–Crippen MR) is 99.6 cm³/mol. The third-order valence-corrected chi connectivity index (χ3v) is 5.83. The van der Waals surface area contributed by atoms with Crippen molar-refractivity contribution in [3.8, 4) is 0 Å². The highest BCUT2D eigenvalue weighted by Crippen LogP contribution is 2.26. The second-order valence-corrected chi connectivity index (χ2v) is 8.49. The number of hydrogen-bond donors (Lipinski definition) is 0. The van der Waals surface area contributed by atoms with Crippen LogP contribution in [0.25, 0.3) is 10.2 Å². The molecule has 0 saturated carbocycles. The molecule has 0 aliphatic heterocycles. The summed E-state index contributed by atoms with van der Waals surface area (Å²) < 4.78 is 2.37. The van der Waals surface area contributed by atoms with E-state index in [4.69, 9.17) is 0 Å². The topological polar surface area (TPSA) is 34.9 Å². The van der Waals surface area contributed by atoms with E-state index in [0.717, 1.165) is 21.1 Å². The Bertz CT molecular complexity index is 886.